The molecule has 2 aromatic carbocycles. The largest absolute Gasteiger partial charge is 0.322 e. The molecule has 23 heavy (non-hydrogen) atoms. The molecule has 0 bridgehead atoms. The minimum absolute atomic E-state index is 0.135. The molecular formula is C20H16N2O. The average Bonchev–Trinajstić information content (AvgIpc) is 2.93. The summed E-state index contributed by atoms with van der Waals surface area (Å²) in [5, 5.41) is 2.96. The second-order valence-electron chi connectivity index (χ2n) is 5.85. The van der Waals surface area contributed by atoms with Gasteiger partial charge >= 0.3 is 0 Å². The summed E-state index contributed by atoms with van der Waals surface area (Å²) in [4.78, 5) is 16.5. The van der Waals surface area contributed by atoms with Gasteiger partial charge in [0.1, 0.15) is 0 Å². The van der Waals surface area contributed by atoms with Gasteiger partial charge in [0, 0.05) is 17.6 Å². The quantitative estimate of drug-likeness (QED) is 0.602. The second kappa shape index (κ2) is 5.36. The Hall–Kier alpha value is -2.94. The molecule has 1 aromatic heterocycles. The Morgan fingerprint density at radius 1 is 1.00 bits per heavy atom. The third-order valence-corrected chi connectivity index (χ3v) is 4.23. The molecule has 0 spiro atoms. The summed E-state index contributed by atoms with van der Waals surface area (Å²) in [5.74, 6) is -0.135. The Kier molecular flexibility index (Phi) is 3.19. The van der Waals surface area contributed by atoms with Crippen LogP contribution in [0.3, 0.4) is 0 Å². The standard InChI is InChI=1S/C20H16N2O/c1-13-6-7-16(12-21-13)20(23)22-17-9-8-15-10-14-4-2-3-5-18(14)19(15)11-17/h2-9,11-12H,10H2,1H3,(H,22,23). The number of carbonyl (C=O) groups excluding carboxylic acids is 1. The van der Waals surface area contributed by atoms with Crippen LogP contribution < -0.4 is 5.32 Å². The van der Waals surface area contributed by atoms with Gasteiger partial charge in [-0.2, -0.15) is 0 Å². The lowest BCUT2D eigenvalue weighted by Crippen LogP contribution is -2.12. The normalized spacial score (nSPS) is 11.7. The average molecular weight is 300 g/mol. The van der Waals surface area contributed by atoms with Crippen molar-refractivity contribution in [2.24, 2.45) is 0 Å². The van der Waals surface area contributed by atoms with E-state index in [1.54, 1.807) is 12.3 Å². The fourth-order valence-electron chi connectivity index (χ4n) is 3.01. The molecular weight excluding hydrogens is 284 g/mol. The molecule has 112 valence electrons. The number of benzene rings is 2. The van der Waals surface area contributed by atoms with Gasteiger partial charge in [-0.05, 0) is 59.9 Å². The Morgan fingerprint density at radius 3 is 2.65 bits per heavy atom. The number of fused-ring (bicyclic) bond motifs is 3. The Morgan fingerprint density at radius 2 is 1.83 bits per heavy atom. The number of carbonyl (C=O) groups is 1. The number of amides is 1. The van der Waals surface area contributed by atoms with Gasteiger partial charge in [0.15, 0.2) is 0 Å². The van der Waals surface area contributed by atoms with Gasteiger partial charge in [-0.3, -0.25) is 9.78 Å². The number of rotatable bonds is 2. The van der Waals surface area contributed by atoms with E-state index in [4.69, 9.17) is 0 Å². The van der Waals surface area contributed by atoms with Gasteiger partial charge in [-0.15, -0.1) is 0 Å². The van der Waals surface area contributed by atoms with Crippen LogP contribution in [-0.4, -0.2) is 10.9 Å². The summed E-state index contributed by atoms with van der Waals surface area (Å²) >= 11 is 0. The fraction of sp³-hybridized carbons (Fsp3) is 0.100. The van der Waals surface area contributed by atoms with Crippen molar-refractivity contribution in [2.75, 3.05) is 5.32 Å². The number of pyridine rings is 1. The van der Waals surface area contributed by atoms with Crippen LogP contribution >= 0.6 is 0 Å². The van der Waals surface area contributed by atoms with Crippen LogP contribution in [-0.2, 0) is 6.42 Å². The van der Waals surface area contributed by atoms with E-state index in [1.807, 2.05) is 19.1 Å². The van der Waals surface area contributed by atoms with E-state index < -0.39 is 0 Å². The molecule has 3 heteroatoms. The topological polar surface area (TPSA) is 42.0 Å². The van der Waals surface area contributed by atoms with Crippen molar-refractivity contribution in [2.45, 2.75) is 13.3 Å². The Labute approximate surface area is 135 Å². The van der Waals surface area contributed by atoms with Gasteiger partial charge < -0.3 is 5.32 Å². The zero-order valence-corrected chi connectivity index (χ0v) is 12.8. The maximum Gasteiger partial charge on any atom is 0.257 e. The predicted molar refractivity (Wildman–Crippen MR) is 91.6 cm³/mol. The molecule has 1 N–H and O–H groups in total. The van der Waals surface area contributed by atoms with Crippen molar-refractivity contribution in [1.82, 2.24) is 4.98 Å². The molecule has 0 saturated heterocycles. The van der Waals surface area contributed by atoms with Crippen molar-refractivity contribution < 1.29 is 4.79 Å². The van der Waals surface area contributed by atoms with Crippen molar-refractivity contribution in [3.05, 3.63) is 83.2 Å². The second-order valence-corrected chi connectivity index (χ2v) is 5.85. The summed E-state index contributed by atoms with van der Waals surface area (Å²) in [7, 11) is 0. The number of hydrogen-bond acceptors (Lipinski definition) is 2. The molecule has 0 radical (unpaired) electrons. The first-order chi connectivity index (χ1) is 11.2. The highest BCUT2D eigenvalue weighted by Crippen LogP contribution is 2.37. The van der Waals surface area contributed by atoms with Crippen molar-refractivity contribution in [3.8, 4) is 11.1 Å². The number of hydrogen-bond donors (Lipinski definition) is 1. The SMILES string of the molecule is Cc1ccc(C(=O)Nc2ccc3c(c2)-c2ccccc2C3)cn1. The molecule has 0 saturated carbocycles. The summed E-state index contributed by atoms with van der Waals surface area (Å²) in [6, 6.07) is 18.2. The van der Waals surface area contributed by atoms with E-state index in [0.717, 1.165) is 17.8 Å². The third kappa shape index (κ3) is 2.50. The zero-order chi connectivity index (χ0) is 15.8. The lowest BCUT2D eigenvalue weighted by atomic mass is 10.1. The summed E-state index contributed by atoms with van der Waals surface area (Å²) in [6.07, 6.45) is 2.56. The molecule has 0 atom stereocenters. The lowest BCUT2D eigenvalue weighted by molar-refractivity contribution is 0.102. The summed E-state index contributed by atoms with van der Waals surface area (Å²) in [6.45, 7) is 1.90. The molecule has 1 heterocycles. The van der Waals surface area contributed by atoms with Gasteiger partial charge in [-0.1, -0.05) is 30.3 Å². The summed E-state index contributed by atoms with van der Waals surface area (Å²) in [5.41, 5.74) is 7.39. The van der Waals surface area contributed by atoms with E-state index in [1.165, 1.54) is 22.3 Å². The fourth-order valence-corrected chi connectivity index (χ4v) is 3.01. The van der Waals surface area contributed by atoms with E-state index in [2.05, 4.69) is 46.7 Å². The zero-order valence-electron chi connectivity index (χ0n) is 12.8. The molecule has 0 aliphatic heterocycles. The smallest absolute Gasteiger partial charge is 0.257 e. The van der Waals surface area contributed by atoms with Crippen LogP contribution in [0.4, 0.5) is 5.69 Å². The van der Waals surface area contributed by atoms with E-state index in [-0.39, 0.29) is 5.91 Å². The van der Waals surface area contributed by atoms with E-state index in [9.17, 15) is 4.79 Å². The number of anilines is 1. The lowest BCUT2D eigenvalue weighted by Gasteiger charge is -2.08. The highest BCUT2D eigenvalue weighted by atomic mass is 16.1. The number of nitrogens with one attached hydrogen (secondary N) is 1. The van der Waals surface area contributed by atoms with Crippen molar-refractivity contribution in [3.63, 3.8) is 0 Å². The predicted octanol–water partition coefficient (Wildman–Crippen LogP) is 4.21. The first-order valence-corrected chi connectivity index (χ1v) is 7.66. The minimum Gasteiger partial charge on any atom is -0.322 e. The highest BCUT2D eigenvalue weighted by Gasteiger charge is 2.18. The molecule has 1 amide bonds. The molecule has 0 unspecified atom stereocenters. The number of aryl methyl sites for hydroxylation is 1. The van der Waals surface area contributed by atoms with Crippen LogP contribution in [0.2, 0.25) is 0 Å². The molecule has 0 fully saturated rings. The van der Waals surface area contributed by atoms with Crippen molar-refractivity contribution >= 4 is 11.6 Å². The highest BCUT2D eigenvalue weighted by molar-refractivity contribution is 6.04. The maximum atomic E-state index is 12.3. The van der Waals surface area contributed by atoms with Crippen LogP contribution in [0.15, 0.2) is 60.8 Å². The Bertz CT molecular complexity index is 898. The maximum absolute atomic E-state index is 12.3. The van der Waals surface area contributed by atoms with Crippen LogP contribution in [0.5, 0.6) is 0 Å². The Balaban J connectivity index is 1.62. The third-order valence-electron chi connectivity index (χ3n) is 4.23. The number of aromatic nitrogens is 1. The van der Waals surface area contributed by atoms with Gasteiger partial charge in [0.05, 0.1) is 5.56 Å². The molecule has 1 aliphatic carbocycles. The van der Waals surface area contributed by atoms with Crippen LogP contribution in [0, 0.1) is 6.92 Å². The molecule has 1 aliphatic rings. The molecule has 3 nitrogen and oxygen atoms in total. The molecule has 4 rings (SSSR count). The van der Waals surface area contributed by atoms with E-state index in [0.29, 0.717) is 5.56 Å². The van der Waals surface area contributed by atoms with Gasteiger partial charge in [0.25, 0.3) is 5.91 Å². The monoisotopic (exact) mass is 300 g/mol. The van der Waals surface area contributed by atoms with Crippen molar-refractivity contribution in [1.29, 1.82) is 0 Å². The number of nitrogens with zero attached hydrogens (tertiary/aromatic N) is 1. The first kappa shape index (κ1) is 13.7. The van der Waals surface area contributed by atoms with Crippen LogP contribution in [0.25, 0.3) is 11.1 Å². The first-order valence-electron chi connectivity index (χ1n) is 7.66. The van der Waals surface area contributed by atoms with Crippen LogP contribution in [0.1, 0.15) is 27.2 Å². The minimum atomic E-state index is -0.135. The van der Waals surface area contributed by atoms with E-state index >= 15 is 0 Å². The summed E-state index contributed by atoms with van der Waals surface area (Å²) < 4.78 is 0. The van der Waals surface area contributed by atoms with Gasteiger partial charge in [0.2, 0.25) is 0 Å². The van der Waals surface area contributed by atoms with Gasteiger partial charge in [-0.25, -0.2) is 0 Å². The molecule has 3 aromatic rings.